The molecule has 0 heterocycles. The van der Waals surface area contributed by atoms with E-state index in [4.69, 9.17) is 17.3 Å². The molecule has 112 valence electrons. The molecular weight excluding hydrogens is 280 g/mol. The zero-order chi connectivity index (χ0) is 15.4. The van der Waals surface area contributed by atoms with Crippen LogP contribution in [0.4, 0.5) is 0 Å². The molecule has 0 bridgehead atoms. The van der Waals surface area contributed by atoms with Gasteiger partial charge in [0.1, 0.15) is 0 Å². The van der Waals surface area contributed by atoms with E-state index in [-0.39, 0.29) is 0 Å². The summed E-state index contributed by atoms with van der Waals surface area (Å²) in [4.78, 5) is 2.33. The third-order valence-electron chi connectivity index (χ3n) is 4.05. The highest BCUT2D eigenvalue weighted by molar-refractivity contribution is 6.30. The fourth-order valence-corrected chi connectivity index (χ4v) is 2.69. The van der Waals surface area contributed by atoms with E-state index in [0.29, 0.717) is 12.6 Å². The Bertz CT molecular complexity index is 610. The number of rotatable bonds is 5. The fraction of sp³-hybridized carbons (Fsp3) is 0.333. The highest BCUT2D eigenvalue weighted by Crippen LogP contribution is 2.24. The van der Waals surface area contributed by atoms with Crippen molar-refractivity contribution in [1.29, 1.82) is 0 Å². The SMILES string of the molecule is Cc1cc(CN)ccc1CN(C)C(C)c1cccc(Cl)c1. The zero-order valence-corrected chi connectivity index (χ0v) is 13.7. The lowest BCUT2D eigenvalue weighted by atomic mass is 10.0. The highest BCUT2D eigenvalue weighted by Gasteiger charge is 2.13. The van der Waals surface area contributed by atoms with E-state index in [2.05, 4.69) is 50.1 Å². The van der Waals surface area contributed by atoms with Crippen LogP contribution in [0.25, 0.3) is 0 Å². The van der Waals surface area contributed by atoms with Crippen LogP contribution in [0.1, 0.15) is 35.2 Å². The topological polar surface area (TPSA) is 29.3 Å². The molecule has 0 saturated heterocycles. The summed E-state index contributed by atoms with van der Waals surface area (Å²) in [7, 11) is 2.14. The lowest BCUT2D eigenvalue weighted by Gasteiger charge is -2.26. The predicted octanol–water partition coefficient (Wildman–Crippen LogP) is 4.30. The Balaban J connectivity index is 2.12. The molecule has 1 unspecified atom stereocenters. The molecule has 0 spiro atoms. The van der Waals surface area contributed by atoms with Gasteiger partial charge in [-0.3, -0.25) is 4.90 Å². The smallest absolute Gasteiger partial charge is 0.0409 e. The minimum absolute atomic E-state index is 0.317. The van der Waals surface area contributed by atoms with E-state index in [1.54, 1.807) is 0 Å². The Kier molecular flexibility index (Phi) is 5.40. The second-order valence-electron chi connectivity index (χ2n) is 5.61. The van der Waals surface area contributed by atoms with E-state index in [1.807, 2.05) is 18.2 Å². The number of nitrogens with zero attached hydrogens (tertiary/aromatic N) is 1. The van der Waals surface area contributed by atoms with Crippen LogP contribution in [0.5, 0.6) is 0 Å². The third kappa shape index (κ3) is 4.07. The average Bonchev–Trinajstić information content (AvgIpc) is 2.48. The Morgan fingerprint density at radius 1 is 1.19 bits per heavy atom. The first-order valence-electron chi connectivity index (χ1n) is 7.25. The Morgan fingerprint density at radius 3 is 2.57 bits per heavy atom. The van der Waals surface area contributed by atoms with Crippen molar-refractivity contribution in [3.05, 3.63) is 69.7 Å². The minimum Gasteiger partial charge on any atom is -0.326 e. The Morgan fingerprint density at radius 2 is 1.95 bits per heavy atom. The van der Waals surface area contributed by atoms with Gasteiger partial charge in [-0.05, 0) is 55.3 Å². The quantitative estimate of drug-likeness (QED) is 0.892. The van der Waals surface area contributed by atoms with E-state index >= 15 is 0 Å². The van der Waals surface area contributed by atoms with Crippen molar-refractivity contribution in [3.8, 4) is 0 Å². The summed E-state index contributed by atoms with van der Waals surface area (Å²) in [5.41, 5.74) is 10.7. The number of halogens is 1. The van der Waals surface area contributed by atoms with Gasteiger partial charge in [0.25, 0.3) is 0 Å². The molecule has 2 N–H and O–H groups in total. The minimum atomic E-state index is 0.317. The number of hydrogen-bond donors (Lipinski definition) is 1. The summed E-state index contributed by atoms with van der Waals surface area (Å²) < 4.78 is 0. The van der Waals surface area contributed by atoms with Gasteiger partial charge >= 0.3 is 0 Å². The molecule has 2 nitrogen and oxygen atoms in total. The highest BCUT2D eigenvalue weighted by atomic mass is 35.5. The van der Waals surface area contributed by atoms with Crippen molar-refractivity contribution >= 4 is 11.6 Å². The molecule has 3 heteroatoms. The number of nitrogens with two attached hydrogens (primary N) is 1. The summed E-state index contributed by atoms with van der Waals surface area (Å²) in [6.07, 6.45) is 0. The van der Waals surface area contributed by atoms with Crippen molar-refractivity contribution in [1.82, 2.24) is 4.90 Å². The molecule has 2 aromatic rings. The Labute approximate surface area is 132 Å². The van der Waals surface area contributed by atoms with Gasteiger partial charge in [-0.25, -0.2) is 0 Å². The van der Waals surface area contributed by atoms with Crippen LogP contribution >= 0.6 is 11.6 Å². The average molecular weight is 303 g/mol. The van der Waals surface area contributed by atoms with Gasteiger partial charge in [-0.1, -0.05) is 41.9 Å². The molecule has 0 fully saturated rings. The zero-order valence-electron chi connectivity index (χ0n) is 12.9. The molecule has 2 aromatic carbocycles. The van der Waals surface area contributed by atoms with Gasteiger partial charge in [-0.2, -0.15) is 0 Å². The van der Waals surface area contributed by atoms with Crippen molar-refractivity contribution in [3.63, 3.8) is 0 Å². The number of aryl methyl sites for hydroxylation is 1. The second-order valence-corrected chi connectivity index (χ2v) is 6.05. The summed E-state index contributed by atoms with van der Waals surface area (Å²) in [5, 5.41) is 0.788. The molecule has 0 saturated carbocycles. The van der Waals surface area contributed by atoms with Gasteiger partial charge in [-0.15, -0.1) is 0 Å². The molecule has 0 aliphatic carbocycles. The first-order valence-corrected chi connectivity index (χ1v) is 7.63. The summed E-state index contributed by atoms with van der Waals surface area (Å²) in [6.45, 7) is 5.85. The van der Waals surface area contributed by atoms with E-state index in [0.717, 1.165) is 11.6 Å². The van der Waals surface area contributed by atoms with Crippen LogP contribution in [-0.4, -0.2) is 11.9 Å². The lowest BCUT2D eigenvalue weighted by Crippen LogP contribution is -2.22. The van der Waals surface area contributed by atoms with Gasteiger partial charge < -0.3 is 5.73 Å². The van der Waals surface area contributed by atoms with Crippen molar-refractivity contribution < 1.29 is 0 Å². The maximum absolute atomic E-state index is 6.08. The van der Waals surface area contributed by atoms with E-state index in [9.17, 15) is 0 Å². The van der Waals surface area contributed by atoms with Crippen LogP contribution in [-0.2, 0) is 13.1 Å². The van der Waals surface area contributed by atoms with Gasteiger partial charge in [0.2, 0.25) is 0 Å². The van der Waals surface area contributed by atoms with Crippen molar-refractivity contribution in [2.45, 2.75) is 33.0 Å². The maximum Gasteiger partial charge on any atom is 0.0409 e. The molecule has 0 aromatic heterocycles. The predicted molar refractivity (Wildman–Crippen MR) is 90.4 cm³/mol. The monoisotopic (exact) mass is 302 g/mol. The van der Waals surface area contributed by atoms with E-state index in [1.165, 1.54) is 22.3 Å². The van der Waals surface area contributed by atoms with Gasteiger partial charge in [0.15, 0.2) is 0 Å². The first kappa shape index (κ1) is 16.0. The van der Waals surface area contributed by atoms with Crippen LogP contribution in [0.2, 0.25) is 5.02 Å². The fourth-order valence-electron chi connectivity index (χ4n) is 2.49. The van der Waals surface area contributed by atoms with E-state index < -0.39 is 0 Å². The molecule has 0 aliphatic heterocycles. The molecule has 2 rings (SSSR count). The summed E-state index contributed by atoms with van der Waals surface area (Å²) >= 11 is 6.08. The lowest BCUT2D eigenvalue weighted by molar-refractivity contribution is 0.252. The molecular formula is C18H23ClN2. The number of hydrogen-bond acceptors (Lipinski definition) is 2. The Hall–Kier alpha value is -1.35. The molecule has 0 radical (unpaired) electrons. The second kappa shape index (κ2) is 7.08. The van der Waals surface area contributed by atoms with Crippen LogP contribution in [0, 0.1) is 6.92 Å². The molecule has 0 amide bonds. The maximum atomic E-state index is 6.08. The van der Waals surface area contributed by atoms with Crippen LogP contribution < -0.4 is 5.73 Å². The molecule has 1 atom stereocenters. The summed E-state index contributed by atoms with van der Waals surface area (Å²) in [6, 6.07) is 14.9. The third-order valence-corrected chi connectivity index (χ3v) is 4.29. The van der Waals surface area contributed by atoms with Crippen molar-refractivity contribution in [2.75, 3.05) is 7.05 Å². The molecule has 21 heavy (non-hydrogen) atoms. The van der Waals surface area contributed by atoms with Crippen molar-refractivity contribution in [2.24, 2.45) is 5.73 Å². The number of benzene rings is 2. The molecule has 0 aliphatic rings. The van der Waals surface area contributed by atoms with Crippen LogP contribution in [0.15, 0.2) is 42.5 Å². The largest absolute Gasteiger partial charge is 0.326 e. The first-order chi connectivity index (χ1) is 10.0. The normalized spacial score (nSPS) is 12.7. The van der Waals surface area contributed by atoms with Gasteiger partial charge in [0.05, 0.1) is 0 Å². The standard InChI is InChI=1S/C18H23ClN2/c1-13-9-15(11-20)7-8-17(13)12-21(3)14(2)16-5-4-6-18(19)10-16/h4-10,14H,11-12,20H2,1-3H3. The van der Waals surface area contributed by atoms with Crippen LogP contribution in [0.3, 0.4) is 0 Å². The summed E-state index contributed by atoms with van der Waals surface area (Å²) in [5.74, 6) is 0. The van der Waals surface area contributed by atoms with Gasteiger partial charge in [0, 0.05) is 24.2 Å².